The van der Waals surface area contributed by atoms with Gasteiger partial charge in [-0.15, -0.1) is 0 Å². The lowest BCUT2D eigenvalue weighted by Crippen LogP contribution is -2.29. The third-order valence-corrected chi connectivity index (χ3v) is 5.38. The second-order valence-corrected chi connectivity index (χ2v) is 7.52. The van der Waals surface area contributed by atoms with E-state index < -0.39 is 0 Å². The molecule has 2 aliphatic rings. The molecule has 5 nitrogen and oxygen atoms in total. The number of nitrogens with zero attached hydrogens (tertiary/aromatic N) is 1. The van der Waals surface area contributed by atoms with Crippen LogP contribution >= 0.6 is 0 Å². The van der Waals surface area contributed by atoms with E-state index in [0.29, 0.717) is 25.3 Å². The van der Waals surface area contributed by atoms with Crippen LogP contribution in [0.4, 0.5) is 0 Å². The van der Waals surface area contributed by atoms with Crippen LogP contribution in [0.5, 0.6) is 11.5 Å². The number of carbonyl (C=O) groups is 1. The molecule has 4 rings (SSSR count). The summed E-state index contributed by atoms with van der Waals surface area (Å²) in [6.45, 7) is 5.12. The van der Waals surface area contributed by atoms with Crippen molar-refractivity contribution in [3.8, 4) is 11.5 Å². The smallest absolute Gasteiger partial charge is 0.251 e. The van der Waals surface area contributed by atoms with Crippen molar-refractivity contribution in [3.63, 3.8) is 0 Å². The summed E-state index contributed by atoms with van der Waals surface area (Å²) in [5.41, 5.74) is 3.11. The van der Waals surface area contributed by atoms with Crippen LogP contribution in [0.2, 0.25) is 0 Å². The lowest BCUT2D eigenvalue weighted by molar-refractivity contribution is 0.0954. The molecule has 0 bridgehead atoms. The number of ether oxygens (including phenoxy) is 2. The van der Waals surface area contributed by atoms with Crippen LogP contribution in [0.3, 0.4) is 0 Å². The zero-order valence-corrected chi connectivity index (χ0v) is 16.3. The summed E-state index contributed by atoms with van der Waals surface area (Å²) < 4.78 is 11.1. The fourth-order valence-electron chi connectivity index (χ4n) is 3.80. The Kier molecular flexibility index (Phi) is 6.12. The van der Waals surface area contributed by atoms with Crippen LogP contribution in [0.1, 0.15) is 40.7 Å². The van der Waals surface area contributed by atoms with Gasteiger partial charge in [0.2, 0.25) is 0 Å². The summed E-state index contributed by atoms with van der Waals surface area (Å²) in [7, 11) is 0. The number of rotatable bonds is 6. The third-order valence-electron chi connectivity index (χ3n) is 5.38. The molecule has 2 heterocycles. The van der Waals surface area contributed by atoms with Gasteiger partial charge in [0.1, 0.15) is 13.2 Å². The van der Waals surface area contributed by atoms with Gasteiger partial charge in [0.25, 0.3) is 5.91 Å². The minimum Gasteiger partial charge on any atom is -0.486 e. The van der Waals surface area contributed by atoms with Crippen LogP contribution in [-0.4, -0.2) is 43.7 Å². The average molecular weight is 380 g/mol. The second-order valence-electron chi connectivity index (χ2n) is 7.52. The normalized spacial score (nSPS) is 16.6. The van der Waals surface area contributed by atoms with Gasteiger partial charge in [-0.05, 0) is 67.7 Å². The van der Waals surface area contributed by atoms with Gasteiger partial charge in [0, 0.05) is 18.7 Å². The molecular weight excluding hydrogens is 352 g/mol. The van der Waals surface area contributed by atoms with E-state index in [-0.39, 0.29) is 5.91 Å². The monoisotopic (exact) mass is 380 g/mol. The van der Waals surface area contributed by atoms with Gasteiger partial charge >= 0.3 is 0 Å². The van der Waals surface area contributed by atoms with Crippen LogP contribution in [0, 0.1) is 0 Å². The predicted octanol–water partition coefficient (Wildman–Crippen LogP) is 3.42. The van der Waals surface area contributed by atoms with E-state index in [1.807, 2.05) is 30.3 Å². The maximum atomic E-state index is 12.4. The minimum absolute atomic E-state index is 0.0259. The highest BCUT2D eigenvalue weighted by Crippen LogP contribution is 2.30. The van der Waals surface area contributed by atoms with Gasteiger partial charge in [-0.2, -0.15) is 0 Å². The Morgan fingerprint density at radius 1 is 0.893 bits per heavy atom. The standard InChI is InChI=1S/C23H28N2O3/c26-23(20-7-4-19(5-8-20)17-25-12-2-1-3-13-25)24-11-10-18-6-9-21-22(16-18)28-15-14-27-21/h4-9,16H,1-3,10-15,17H2,(H,24,26). The first-order valence-corrected chi connectivity index (χ1v) is 10.3. The van der Waals surface area contributed by atoms with Crippen LogP contribution in [0.15, 0.2) is 42.5 Å². The summed E-state index contributed by atoms with van der Waals surface area (Å²) in [5.74, 6) is 1.56. The molecule has 5 heteroatoms. The first-order chi connectivity index (χ1) is 13.8. The first-order valence-electron chi connectivity index (χ1n) is 10.3. The predicted molar refractivity (Wildman–Crippen MR) is 109 cm³/mol. The summed E-state index contributed by atoms with van der Waals surface area (Å²) in [4.78, 5) is 14.9. The summed E-state index contributed by atoms with van der Waals surface area (Å²) >= 11 is 0. The van der Waals surface area contributed by atoms with Gasteiger partial charge in [0.15, 0.2) is 11.5 Å². The lowest BCUT2D eigenvalue weighted by atomic mass is 10.1. The van der Waals surface area contributed by atoms with Crippen molar-refractivity contribution in [2.24, 2.45) is 0 Å². The molecule has 0 unspecified atom stereocenters. The van der Waals surface area contributed by atoms with E-state index >= 15 is 0 Å². The molecule has 2 aliphatic heterocycles. The molecule has 2 aromatic carbocycles. The summed E-state index contributed by atoms with van der Waals surface area (Å²) in [6, 6.07) is 14.0. The number of piperidine rings is 1. The van der Waals surface area contributed by atoms with Gasteiger partial charge in [-0.1, -0.05) is 24.6 Å². The molecule has 1 amide bonds. The summed E-state index contributed by atoms with van der Waals surface area (Å²) in [5, 5.41) is 3.01. The Bertz CT molecular complexity index is 798. The molecule has 0 atom stereocenters. The molecular formula is C23H28N2O3. The first kappa shape index (κ1) is 18.8. The highest BCUT2D eigenvalue weighted by molar-refractivity contribution is 5.94. The van der Waals surface area contributed by atoms with Gasteiger partial charge in [-0.25, -0.2) is 0 Å². The second kappa shape index (κ2) is 9.11. The van der Waals surface area contributed by atoms with Crippen molar-refractivity contribution in [1.29, 1.82) is 0 Å². The number of benzene rings is 2. The van der Waals surface area contributed by atoms with Crippen molar-refractivity contribution < 1.29 is 14.3 Å². The largest absolute Gasteiger partial charge is 0.486 e. The van der Waals surface area contributed by atoms with Gasteiger partial charge < -0.3 is 14.8 Å². The highest BCUT2D eigenvalue weighted by atomic mass is 16.6. The molecule has 0 saturated carbocycles. The lowest BCUT2D eigenvalue weighted by Gasteiger charge is -2.26. The zero-order chi connectivity index (χ0) is 19.2. The maximum absolute atomic E-state index is 12.4. The molecule has 1 N–H and O–H groups in total. The Hall–Kier alpha value is -2.53. The fraction of sp³-hybridized carbons (Fsp3) is 0.435. The van der Waals surface area contributed by atoms with Gasteiger partial charge in [-0.3, -0.25) is 9.69 Å². The molecule has 2 aromatic rings. The van der Waals surface area contributed by atoms with Crippen molar-refractivity contribution >= 4 is 5.91 Å². The molecule has 0 aliphatic carbocycles. The van der Waals surface area contributed by atoms with E-state index in [0.717, 1.165) is 30.0 Å². The third kappa shape index (κ3) is 4.84. The number of fused-ring (bicyclic) bond motifs is 1. The number of nitrogens with one attached hydrogen (secondary N) is 1. The highest BCUT2D eigenvalue weighted by Gasteiger charge is 2.13. The quantitative estimate of drug-likeness (QED) is 0.834. The molecule has 1 saturated heterocycles. The average Bonchev–Trinajstić information content (AvgIpc) is 2.75. The Balaban J connectivity index is 1.25. The topological polar surface area (TPSA) is 50.8 Å². The Labute approximate surface area is 166 Å². The molecule has 0 aromatic heterocycles. The number of amides is 1. The molecule has 0 radical (unpaired) electrons. The van der Waals surface area contributed by atoms with E-state index in [4.69, 9.17) is 9.47 Å². The summed E-state index contributed by atoms with van der Waals surface area (Å²) in [6.07, 6.45) is 4.70. The fourth-order valence-corrected chi connectivity index (χ4v) is 3.80. The van der Waals surface area contributed by atoms with Crippen molar-refractivity contribution in [3.05, 3.63) is 59.2 Å². The molecule has 0 spiro atoms. The van der Waals surface area contributed by atoms with E-state index in [9.17, 15) is 4.79 Å². The number of hydrogen-bond acceptors (Lipinski definition) is 4. The number of carbonyl (C=O) groups excluding carboxylic acids is 1. The number of hydrogen-bond donors (Lipinski definition) is 1. The van der Waals surface area contributed by atoms with Crippen molar-refractivity contribution in [2.75, 3.05) is 32.8 Å². The molecule has 148 valence electrons. The van der Waals surface area contributed by atoms with Crippen LogP contribution < -0.4 is 14.8 Å². The SMILES string of the molecule is O=C(NCCc1ccc2c(c1)OCCO2)c1ccc(CN2CCCCC2)cc1. The van der Waals surface area contributed by atoms with Crippen molar-refractivity contribution in [1.82, 2.24) is 10.2 Å². The van der Waals surface area contributed by atoms with E-state index in [1.54, 1.807) is 0 Å². The zero-order valence-electron chi connectivity index (χ0n) is 16.3. The maximum Gasteiger partial charge on any atom is 0.251 e. The molecule has 28 heavy (non-hydrogen) atoms. The van der Waals surface area contributed by atoms with E-state index in [1.165, 1.54) is 37.9 Å². The van der Waals surface area contributed by atoms with Crippen molar-refractivity contribution in [2.45, 2.75) is 32.2 Å². The minimum atomic E-state index is -0.0259. The number of likely N-dealkylation sites (tertiary alicyclic amines) is 1. The van der Waals surface area contributed by atoms with Crippen LogP contribution in [-0.2, 0) is 13.0 Å². The Morgan fingerprint density at radius 3 is 2.39 bits per heavy atom. The van der Waals surface area contributed by atoms with Gasteiger partial charge in [0.05, 0.1) is 0 Å². The van der Waals surface area contributed by atoms with E-state index in [2.05, 4.69) is 22.3 Å². The van der Waals surface area contributed by atoms with Crippen LogP contribution in [0.25, 0.3) is 0 Å². The Morgan fingerprint density at radius 2 is 1.61 bits per heavy atom. The molecule has 1 fully saturated rings.